The molecular formula is C33H37N3O3. The fourth-order valence-corrected chi connectivity index (χ4v) is 4.47. The SMILES string of the molecule is CC(C)CN(CC(=O)N(Cc1ccccc1)Cc1cccn1Cc1ccccc1)C(=O)COc1ccccc1. The third kappa shape index (κ3) is 8.60. The molecule has 0 fully saturated rings. The maximum Gasteiger partial charge on any atom is 0.260 e. The first-order valence-electron chi connectivity index (χ1n) is 13.4. The fourth-order valence-electron chi connectivity index (χ4n) is 4.47. The van der Waals surface area contributed by atoms with Crippen molar-refractivity contribution in [1.29, 1.82) is 0 Å². The Balaban J connectivity index is 1.50. The summed E-state index contributed by atoms with van der Waals surface area (Å²) in [6.07, 6.45) is 2.04. The van der Waals surface area contributed by atoms with E-state index >= 15 is 0 Å². The molecule has 4 rings (SSSR count). The van der Waals surface area contributed by atoms with Crippen LogP contribution in [0.1, 0.15) is 30.7 Å². The van der Waals surface area contributed by atoms with Crippen LogP contribution in [0.25, 0.3) is 0 Å². The second-order valence-electron chi connectivity index (χ2n) is 10.1. The Morgan fingerprint density at radius 3 is 1.97 bits per heavy atom. The van der Waals surface area contributed by atoms with Crippen molar-refractivity contribution in [2.45, 2.75) is 33.5 Å². The van der Waals surface area contributed by atoms with Crippen LogP contribution < -0.4 is 4.74 Å². The highest BCUT2D eigenvalue weighted by atomic mass is 16.5. The predicted octanol–water partition coefficient (Wildman–Crippen LogP) is 5.63. The topological polar surface area (TPSA) is 54.8 Å². The molecule has 202 valence electrons. The van der Waals surface area contributed by atoms with Gasteiger partial charge in [0.2, 0.25) is 5.91 Å². The lowest BCUT2D eigenvalue weighted by atomic mass is 10.2. The summed E-state index contributed by atoms with van der Waals surface area (Å²) in [6.45, 7) is 6.09. The molecule has 6 nitrogen and oxygen atoms in total. The lowest BCUT2D eigenvalue weighted by Gasteiger charge is -2.29. The largest absolute Gasteiger partial charge is 0.484 e. The number of amides is 2. The van der Waals surface area contributed by atoms with Crippen LogP contribution in [0.5, 0.6) is 5.75 Å². The van der Waals surface area contributed by atoms with Crippen LogP contribution in [0.15, 0.2) is 109 Å². The molecule has 0 radical (unpaired) electrons. The van der Waals surface area contributed by atoms with E-state index in [0.717, 1.165) is 17.8 Å². The van der Waals surface area contributed by atoms with Crippen LogP contribution in [0.3, 0.4) is 0 Å². The molecule has 4 aromatic rings. The number of carbonyl (C=O) groups is 2. The van der Waals surface area contributed by atoms with Crippen LogP contribution in [0.4, 0.5) is 0 Å². The lowest BCUT2D eigenvalue weighted by Crippen LogP contribution is -2.45. The number of nitrogens with zero attached hydrogens (tertiary/aromatic N) is 3. The van der Waals surface area contributed by atoms with Crippen LogP contribution in [-0.2, 0) is 29.2 Å². The Hall–Kier alpha value is -4.32. The average Bonchev–Trinajstić information content (AvgIpc) is 3.38. The summed E-state index contributed by atoms with van der Waals surface area (Å²) in [6, 6.07) is 33.6. The van der Waals surface area contributed by atoms with Crippen molar-refractivity contribution in [2.24, 2.45) is 5.92 Å². The minimum absolute atomic E-state index is 0.00138. The minimum atomic E-state index is -0.201. The molecule has 0 N–H and O–H groups in total. The van der Waals surface area contributed by atoms with Gasteiger partial charge in [-0.05, 0) is 41.3 Å². The number of rotatable bonds is 13. The first kappa shape index (κ1) is 27.7. The van der Waals surface area contributed by atoms with E-state index in [2.05, 4.69) is 22.8 Å². The van der Waals surface area contributed by atoms with Crippen molar-refractivity contribution in [2.75, 3.05) is 19.7 Å². The number of para-hydroxylation sites is 1. The van der Waals surface area contributed by atoms with Crippen molar-refractivity contribution >= 4 is 11.8 Å². The van der Waals surface area contributed by atoms with Gasteiger partial charge in [0.15, 0.2) is 6.61 Å². The van der Waals surface area contributed by atoms with Crippen LogP contribution >= 0.6 is 0 Å². The molecule has 3 aromatic carbocycles. The van der Waals surface area contributed by atoms with Gasteiger partial charge in [0.1, 0.15) is 5.75 Å². The molecule has 39 heavy (non-hydrogen) atoms. The van der Waals surface area contributed by atoms with Gasteiger partial charge in [-0.3, -0.25) is 9.59 Å². The lowest BCUT2D eigenvalue weighted by molar-refractivity contribution is -0.142. The highest BCUT2D eigenvalue weighted by molar-refractivity contribution is 5.85. The molecule has 0 atom stereocenters. The van der Waals surface area contributed by atoms with E-state index in [1.807, 2.05) is 110 Å². The molecule has 1 heterocycles. The summed E-state index contributed by atoms with van der Waals surface area (Å²) in [5.74, 6) is 0.545. The van der Waals surface area contributed by atoms with Gasteiger partial charge in [0.25, 0.3) is 5.91 Å². The average molecular weight is 524 g/mol. The Labute approximate surface area is 231 Å². The van der Waals surface area contributed by atoms with E-state index < -0.39 is 0 Å². The molecule has 0 aliphatic rings. The highest BCUT2D eigenvalue weighted by Crippen LogP contribution is 2.15. The van der Waals surface area contributed by atoms with Gasteiger partial charge in [-0.15, -0.1) is 0 Å². The molecular weight excluding hydrogens is 486 g/mol. The molecule has 0 unspecified atom stereocenters. The van der Waals surface area contributed by atoms with Crippen LogP contribution in [-0.4, -0.2) is 45.9 Å². The van der Waals surface area contributed by atoms with E-state index in [4.69, 9.17) is 4.74 Å². The summed E-state index contributed by atoms with van der Waals surface area (Å²) in [7, 11) is 0. The number of hydrogen-bond acceptors (Lipinski definition) is 3. The van der Waals surface area contributed by atoms with E-state index in [0.29, 0.717) is 25.4 Å². The van der Waals surface area contributed by atoms with Gasteiger partial charge < -0.3 is 19.1 Å². The van der Waals surface area contributed by atoms with Crippen molar-refractivity contribution in [1.82, 2.24) is 14.4 Å². The smallest absolute Gasteiger partial charge is 0.260 e. The maximum atomic E-state index is 13.8. The number of benzene rings is 3. The third-order valence-corrected chi connectivity index (χ3v) is 6.41. The first-order chi connectivity index (χ1) is 19.0. The summed E-state index contributed by atoms with van der Waals surface area (Å²) < 4.78 is 7.88. The molecule has 1 aromatic heterocycles. The number of hydrogen-bond donors (Lipinski definition) is 0. The van der Waals surface area contributed by atoms with Crippen LogP contribution in [0, 0.1) is 5.92 Å². The predicted molar refractivity (Wildman–Crippen MR) is 154 cm³/mol. The molecule has 0 saturated carbocycles. The van der Waals surface area contributed by atoms with Crippen molar-refractivity contribution in [3.05, 3.63) is 126 Å². The van der Waals surface area contributed by atoms with E-state index in [1.54, 1.807) is 4.90 Å². The first-order valence-corrected chi connectivity index (χ1v) is 13.4. The normalized spacial score (nSPS) is 10.8. The Bertz CT molecular complexity index is 1300. The summed E-state index contributed by atoms with van der Waals surface area (Å²) >= 11 is 0. The molecule has 0 aliphatic carbocycles. The van der Waals surface area contributed by atoms with Crippen molar-refractivity contribution in [3.63, 3.8) is 0 Å². The highest BCUT2D eigenvalue weighted by Gasteiger charge is 2.23. The van der Waals surface area contributed by atoms with Crippen molar-refractivity contribution < 1.29 is 14.3 Å². The second kappa shape index (κ2) is 14.0. The molecule has 6 heteroatoms. The molecule has 0 bridgehead atoms. The van der Waals surface area contributed by atoms with Gasteiger partial charge in [-0.25, -0.2) is 0 Å². The number of aromatic nitrogens is 1. The van der Waals surface area contributed by atoms with Gasteiger partial charge >= 0.3 is 0 Å². The molecule has 0 spiro atoms. The summed E-state index contributed by atoms with van der Waals surface area (Å²) in [5, 5.41) is 0. The standard InChI is InChI=1S/C33H37N3O3/c1-27(2)21-35(33(38)26-39-31-18-10-5-11-19-31)25-32(37)36(23-29-15-8-4-9-16-29)24-30-17-12-20-34(30)22-28-13-6-3-7-14-28/h3-20,27H,21-26H2,1-2H3. The van der Waals surface area contributed by atoms with E-state index in [1.165, 1.54) is 5.56 Å². The molecule has 2 amide bonds. The minimum Gasteiger partial charge on any atom is -0.484 e. The quantitative estimate of drug-likeness (QED) is 0.228. The van der Waals surface area contributed by atoms with Crippen LogP contribution in [0.2, 0.25) is 0 Å². The van der Waals surface area contributed by atoms with Gasteiger partial charge in [0, 0.05) is 31.5 Å². The Kier molecular flexibility index (Phi) is 9.95. The van der Waals surface area contributed by atoms with Gasteiger partial charge in [0.05, 0.1) is 13.1 Å². The Morgan fingerprint density at radius 1 is 0.718 bits per heavy atom. The zero-order valence-electron chi connectivity index (χ0n) is 22.8. The van der Waals surface area contributed by atoms with Gasteiger partial charge in [-0.1, -0.05) is 92.7 Å². The zero-order valence-corrected chi connectivity index (χ0v) is 22.8. The summed E-state index contributed by atoms with van der Waals surface area (Å²) in [4.78, 5) is 30.4. The molecule has 0 aliphatic heterocycles. The second-order valence-corrected chi connectivity index (χ2v) is 10.1. The molecule has 0 saturated heterocycles. The number of carbonyl (C=O) groups excluding carboxylic acids is 2. The van der Waals surface area contributed by atoms with E-state index in [-0.39, 0.29) is 30.9 Å². The number of ether oxygens (including phenoxy) is 1. The monoisotopic (exact) mass is 523 g/mol. The van der Waals surface area contributed by atoms with E-state index in [9.17, 15) is 9.59 Å². The zero-order chi connectivity index (χ0) is 27.5. The van der Waals surface area contributed by atoms with Gasteiger partial charge in [-0.2, -0.15) is 0 Å². The van der Waals surface area contributed by atoms with Crippen molar-refractivity contribution in [3.8, 4) is 5.75 Å². The fraction of sp³-hybridized carbons (Fsp3) is 0.273. The third-order valence-electron chi connectivity index (χ3n) is 6.41. The Morgan fingerprint density at radius 2 is 1.33 bits per heavy atom. The summed E-state index contributed by atoms with van der Waals surface area (Å²) in [5.41, 5.74) is 3.28. The maximum absolute atomic E-state index is 13.8.